The van der Waals surface area contributed by atoms with Crippen LogP contribution < -0.4 is 10.6 Å². The molecule has 1 saturated carbocycles. The Kier molecular flexibility index (Phi) is 7.77. The van der Waals surface area contributed by atoms with E-state index < -0.39 is 17.4 Å². The Bertz CT molecular complexity index is 1020. The minimum Gasteiger partial charge on any atom is -0.480 e. The van der Waals surface area contributed by atoms with Crippen LogP contribution in [-0.2, 0) is 32.6 Å². The van der Waals surface area contributed by atoms with Crippen LogP contribution in [0.2, 0.25) is 0 Å². The Labute approximate surface area is 200 Å². The van der Waals surface area contributed by atoms with Gasteiger partial charge in [0, 0.05) is 43.8 Å². The molecule has 182 valence electrons. The third-order valence-corrected chi connectivity index (χ3v) is 6.78. The average Bonchev–Trinajstić information content (AvgIpc) is 3.64. The lowest BCUT2D eigenvalue weighted by Gasteiger charge is -2.21. The molecule has 0 radical (unpaired) electrons. The maximum atomic E-state index is 12.9. The zero-order chi connectivity index (χ0) is 24.0. The van der Waals surface area contributed by atoms with E-state index in [1.165, 1.54) is 5.56 Å². The molecule has 1 aliphatic carbocycles. The molecular weight excluding hydrogens is 432 g/mol. The highest BCUT2D eigenvalue weighted by molar-refractivity contribution is 5.94. The van der Waals surface area contributed by atoms with E-state index in [1.54, 1.807) is 6.20 Å². The van der Waals surface area contributed by atoms with Crippen molar-refractivity contribution in [2.24, 2.45) is 0 Å². The first-order chi connectivity index (χ1) is 16.5. The second kappa shape index (κ2) is 11.0. The number of amides is 1. The normalized spacial score (nSPS) is 16.7. The average molecular weight is 467 g/mol. The number of ether oxygens (including phenoxy) is 1. The van der Waals surface area contributed by atoms with Crippen LogP contribution in [0.15, 0.2) is 30.5 Å². The van der Waals surface area contributed by atoms with E-state index in [0.29, 0.717) is 19.4 Å². The van der Waals surface area contributed by atoms with Gasteiger partial charge in [0.05, 0.1) is 5.41 Å². The number of aryl methyl sites for hydroxylation is 3. The maximum absolute atomic E-state index is 12.9. The smallest absolute Gasteiger partial charge is 0.326 e. The van der Waals surface area contributed by atoms with Gasteiger partial charge in [-0.25, -0.2) is 9.78 Å². The van der Waals surface area contributed by atoms with E-state index in [9.17, 15) is 14.7 Å². The molecule has 3 N–H and O–H groups in total. The van der Waals surface area contributed by atoms with E-state index in [-0.39, 0.29) is 18.9 Å². The Balaban J connectivity index is 1.16. The molecule has 0 saturated heterocycles. The summed E-state index contributed by atoms with van der Waals surface area (Å²) in [6.45, 7) is 3.71. The zero-order valence-electron chi connectivity index (χ0n) is 19.8. The molecule has 2 aromatic rings. The van der Waals surface area contributed by atoms with Crippen LogP contribution in [0.4, 0.5) is 5.82 Å². The lowest BCUT2D eigenvalue weighted by Crippen LogP contribution is -2.46. The number of fused-ring (bicyclic) bond motifs is 1. The minimum atomic E-state index is -1.04. The molecule has 0 spiro atoms. The highest BCUT2D eigenvalue weighted by Gasteiger charge is 2.52. The number of rotatable bonds is 12. The van der Waals surface area contributed by atoms with Crippen molar-refractivity contribution in [1.82, 2.24) is 15.3 Å². The Hall–Kier alpha value is -3.00. The molecule has 8 heteroatoms. The monoisotopic (exact) mass is 466 g/mol. The van der Waals surface area contributed by atoms with Gasteiger partial charge in [0.15, 0.2) is 0 Å². The van der Waals surface area contributed by atoms with Crippen molar-refractivity contribution in [2.75, 3.05) is 25.1 Å². The molecule has 8 nitrogen and oxygen atoms in total. The van der Waals surface area contributed by atoms with Gasteiger partial charge in [0.25, 0.3) is 0 Å². The number of pyridine rings is 2. The largest absolute Gasteiger partial charge is 0.480 e. The molecule has 2 aliphatic rings. The molecule has 1 atom stereocenters. The number of carboxylic acid groups (broad SMARTS) is 1. The number of nitrogens with one attached hydrogen (secondary N) is 2. The van der Waals surface area contributed by atoms with Crippen LogP contribution >= 0.6 is 0 Å². The second-order valence-electron chi connectivity index (χ2n) is 9.28. The third-order valence-electron chi connectivity index (χ3n) is 6.78. The van der Waals surface area contributed by atoms with Gasteiger partial charge >= 0.3 is 5.97 Å². The van der Waals surface area contributed by atoms with E-state index in [2.05, 4.69) is 27.8 Å². The van der Waals surface area contributed by atoms with Gasteiger partial charge in [-0.15, -0.1) is 0 Å². The Morgan fingerprint density at radius 2 is 2.09 bits per heavy atom. The fourth-order valence-electron chi connectivity index (χ4n) is 4.61. The molecule has 34 heavy (non-hydrogen) atoms. The molecule has 0 bridgehead atoms. The van der Waals surface area contributed by atoms with Crippen LogP contribution in [0.5, 0.6) is 0 Å². The van der Waals surface area contributed by atoms with Crippen molar-refractivity contribution >= 4 is 17.7 Å². The molecule has 1 aliphatic heterocycles. The van der Waals surface area contributed by atoms with E-state index >= 15 is 0 Å². The summed E-state index contributed by atoms with van der Waals surface area (Å²) in [6.07, 6.45) is 8.33. The van der Waals surface area contributed by atoms with Gasteiger partial charge in [0.1, 0.15) is 11.9 Å². The standard InChI is InChI=1S/C26H34N4O4/c1-18-21(8-5-14-27-18)26(12-13-26)25(33)30-22(24(31)32)11-17-34-16-3-2-7-20-10-9-19-6-4-15-28-23(19)29-20/h5,8-10,14,22H,2-4,6-7,11-13,15-17H2,1H3,(H,28,29)(H,30,33)(H,31,32)/t22-/m0/s1. The number of hydrogen-bond donors (Lipinski definition) is 3. The van der Waals surface area contributed by atoms with E-state index in [0.717, 1.165) is 61.4 Å². The summed E-state index contributed by atoms with van der Waals surface area (Å²) in [6, 6.07) is 7.03. The molecule has 4 rings (SSSR count). The first-order valence-corrected chi connectivity index (χ1v) is 12.3. The first-order valence-electron chi connectivity index (χ1n) is 12.3. The molecule has 3 heterocycles. The van der Waals surface area contributed by atoms with Crippen molar-refractivity contribution in [2.45, 2.75) is 69.7 Å². The predicted octanol–water partition coefficient (Wildman–Crippen LogP) is 3.17. The number of carbonyl (C=O) groups excluding carboxylic acids is 1. The molecule has 0 aromatic carbocycles. The second-order valence-corrected chi connectivity index (χ2v) is 9.28. The number of carboxylic acids is 1. The Morgan fingerprint density at radius 1 is 1.24 bits per heavy atom. The zero-order valence-corrected chi connectivity index (χ0v) is 19.8. The molecule has 1 fully saturated rings. The van der Waals surface area contributed by atoms with Gasteiger partial charge in [-0.05, 0) is 75.1 Å². The molecule has 0 unspecified atom stereocenters. The van der Waals surface area contributed by atoms with Gasteiger partial charge in [0.2, 0.25) is 5.91 Å². The topological polar surface area (TPSA) is 113 Å². The van der Waals surface area contributed by atoms with Crippen molar-refractivity contribution < 1.29 is 19.4 Å². The van der Waals surface area contributed by atoms with Gasteiger partial charge < -0.3 is 20.5 Å². The number of aromatic nitrogens is 2. The minimum absolute atomic E-state index is 0.233. The SMILES string of the molecule is Cc1ncccc1C1(C(=O)N[C@@H](CCOCCCCc2ccc3c(n2)NCCC3)C(=O)O)CC1. The quantitative estimate of drug-likeness (QED) is 0.412. The number of hydrogen-bond acceptors (Lipinski definition) is 6. The van der Waals surface area contributed by atoms with Gasteiger partial charge in [-0.2, -0.15) is 0 Å². The van der Waals surface area contributed by atoms with Gasteiger partial charge in [-0.3, -0.25) is 9.78 Å². The fourth-order valence-corrected chi connectivity index (χ4v) is 4.61. The summed E-state index contributed by atoms with van der Waals surface area (Å²) >= 11 is 0. The summed E-state index contributed by atoms with van der Waals surface area (Å²) in [7, 11) is 0. The molecule has 1 amide bonds. The van der Waals surface area contributed by atoms with Crippen molar-refractivity contribution in [3.63, 3.8) is 0 Å². The van der Waals surface area contributed by atoms with Crippen molar-refractivity contribution in [1.29, 1.82) is 0 Å². The summed E-state index contributed by atoms with van der Waals surface area (Å²) in [5.41, 5.74) is 3.43. The number of nitrogens with zero attached hydrogens (tertiary/aromatic N) is 2. The molecular formula is C26H34N4O4. The first kappa shape index (κ1) is 24.1. The fraction of sp³-hybridized carbons (Fsp3) is 0.538. The predicted molar refractivity (Wildman–Crippen MR) is 129 cm³/mol. The number of unbranched alkanes of at least 4 members (excludes halogenated alkanes) is 1. The summed E-state index contributed by atoms with van der Waals surface area (Å²) < 4.78 is 5.67. The lowest BCUT2D eigenvalue weighted by molar-refractivity contribution is -0.142. The van der Waals surface area contributed by atoms with Crippen molar-refractivity contribution in [3.8, 4) is 0 Å². The summed E-state index contributed by atoms with van der Waals surface area (Å²) in [4.78, 5) is 33.6. The Morgan fingerprint density at radius 3 is 2.85 bits per heavy atom. The van der Waals surface area contributed by atoms with Crippen LogP contribution in [-0.4, -0.2) is 52.8 Å². The number of anilines is 1. The van der Waals surface area contributed by atoms with E-state index in [1.807, 2.05) is 19.1 Å². The molecule has 2 aromatic heterocycles. The number of aliphatic carboxylic acids is 1. The van der Waals surface area contributed by atoms with Crippen LogP contribution in [0.3, 0.4) is 0 Å². The van der Waals surface area contributed by atoms with Crippen LogP contribution in [0.1, 0.15) is 61.0 Å². The summed E-state index contributed by atoms with van der Waals surface area (Å²) in [5, 5.41) is 15.7. The van der Waals surface area contributed by atoms with Crippen LogP contribution in [0.25, 0.3) is 0 Å². The maximum Gasteiger partial charge on any atom is 0.326 e. The highest BCUT2D eigenvalue weighted by Crippen LogP contribution is 2.49. The van der Waals surface area contributed by atoms with Crippen LogP contribution in [0, 0.1) is 6.92 Å². The number of carbonyl (C=O) groups is 2. The van der Waals surface area contributed by atoms with E-state index in [4.69, 9.17) is 9.72 Å². The lowest BCUT2D eigenvalue weighted by atomic mass is 9.93. The van der Waals surface area contributed by atoms with Crippen molar-refractivity contribution in [3.05, 3.63) is 53.0 Å². The van der Waals surface area contributed by atoms with Gasteiger partial charge in [-0.1, -0.05) is 12.1 Å². The summed E-state index contributed by atoms with van der Waals surface area (Å²) in [5.74, 6) is -0.251. The third kappa shape index (κ3) is 5.73. The highest BCUT2D eigenvalue weighted by atomic mass is 16.5.